The van der Waals surface area contributed by atoms with Crippen molar-refractivity contribution >= 4 is 10.0 Å². The van der Waals surface area contributed by atoms with Crippen LogP contribution in [-0.2, 0) is 23.6 Å². The summed E-state index contributed by atoms with van der Waals surface area (Å²) in [6.45, 7) is 5.00. The Kier molecular flexibility index (Phi) is 4.51. The van der Waals surface area contributed by atoms with Gasteiger partial charge in [-0.15, -0.1) is 0 Å². The molecule has 0 aliphatic carbocycles. The molecule has 0 aromatic carbocycles. The summed E-state index contributed by atoms with van der Waals surface area (Å²) in [5.41, 5.74) is 0.878. The number of hydrogen-bond acceptors (Lipinski definition) is 6. The molecule has 0 unspecified atom stereocenters. The van der Waals surface area contributed by atoms with E-state index in [-0.39, 0.29) is 5.03 Å². The normalized spacial score (nSPS) is 18.2. The Hall–Kier alpha value is -1.71. The van der Waals surface area contributed by atoms with Gasteiger partial charge in [0, 0.05) is 45.5 Å². The monoisotopic (exact) mass is 339 g/mol. The molecule has 0 atom stereocenters. The SMILES string of the molecule is Cc1cc(CN2CCCN(S(=O)(=O)c3cn(C)cn3)CC2)no1. The average Bonchev–Trinajstić information content (AvgIpc) is 3.03. The van der Waals surface area contributed by atoms with Crippen molar-refractivity contribution in [1.29, 1.82) is 0 Å². The van der Waals surface area contributed by atoms with Gasteiger partial charge in [-0.05, 0) is 19.9 Å². The summed E-state index contributed by atoms with van der Waals surface area (Å²) >= 11 is 0. The highest BCUT2D eigenvalue weighted by Gasteiger charge is 2.28. The second-order valence-corrected chi connectivity index (χ2v) is 7.72. The Morgan fingerprint density at radius 3 is 2.74 bits per heavy atom. The molecule has 0 spiro atoms. The van der Waals surface area contributed by atoms with Crippen molar-refractivity contribution in [3.63, 3.8) is 0 Å². The third kappa shape index (κ3) is 3.62. The third-order valence-electron chi connectivity index (χ3n) is 3.90. The first-order chi connectivity index (χ1) is 10.9. The maximum atomic E-state index is 12.6. The molecule has 2 aromatic heterocycles. The predicted octanol–water partition coefficient (Wildman–Crippen LogP) is 0.613. The third-order valence-corrected chi connectivity index (χ3v) is 5.68. The molecule has 0 radical (unpaired) electrons. The molecule has 1 aliphatic rings. The van der Waals surface area contributed by atoms with Crippen LogP contribution in [0.15, 0.2) is 28.1 Å². The highest BCUT2D eigenvalue weighted by atomic mass is 32.2. The van der Waals surface area contributed by atoms with E-state index in [0.29, 0.717) is 26.2 Å². The van der Waals surface area contributed by atoms with Crippen molar-refractivity contribution in [2.24, 2.45) is 7.05 Å². The Morgan fingerprint density at radius 1 is 1.26 bits per heavy atom. The molecule has 0 saturated carbocycles. The van der Waals surface area contributed by atoms with Crippen molar-refractivity contribution in [1.82, 2.24) is 23.9 Å². The van der Waals surface area contributed by atoms with Crippen LogP contribution in [0.2, 0.25) is 0 Å². The fourth-order valence-corrected chi connectivity index (χ4v) is 4.16. The second-order valence-electron chi connectivity index (χ2n) is 5.84. The first-order valence-corrected chi connectivity index (χ1v) is 9.02. The highest BCUT2D eigenvalue weighted by molar-refractivity contribution is 7.89. The molecule has 3 heterocycles. The lowest BCUT2D eigenvalue weighted by Crippen LogP contribution is -2.35. The summed E-state index contributed by atoms with van der Waals surface area (Å²) in [6.07, 6.45) is 3.82. The van der Waals surface area contributed by atoms with E-state index < -0.39 is 10.0 Å². The van der Waals surface area contributed by atoms with E-state index in [0.717, 1.165) is 24.4 Å². The van der Waals surface area contributed by atoms with Crippen molar-refractivity contribution in [3.05, 3.63) is 30.0 Å². The maximum absolute atomic E-state index is 12.6. The number of hydrogen-bond donors (Lipinski definition) is 0. The van der Waals surface area contributed by atoms with Crippen molar-refractivity contribution < 1.29 is 12.9 Å². The molecule has 23 heavy (non-hydrogen) atoms. The van der Waals surface area contributed by atoms with E-state index >= 15 is 0 Å². The van der Waals surface area contributed by atoms with E-state index in [2.05, 4.69) is 15.0 Å². The van der Waals surface area contributed by atoms with Gasteiger partial charge in [-0.25, -0.2) is 13.4 Å². The molecular weight excluding hydrogens is 318 g/mol. The number of aromatic nitrogens is 3. The zero-order valence-corrected chi connectivity index (χ0v) is 14.2. The number of aryl methyl sites for hydroxylation is 2. The van der Waals surface area contributed by atoms with Crippen LogP contribution in [-0.4, -0.2) is 58.5 Å². The van der Waals surface area contributed by atoms with Gasteiger partial charge in [0.05, 0.1) is 12.0 Å². The molecule has 1 fully saturated rings. The van der Waals surface area contributed by atoms with Gasteiger partial charge in [-0.3, -0.25) is 4.90 Å². The summed E-state index contributed by atoms with van der Waals surface area (Å²) in [7, 11) is -1.76. The fourth-order valence-electron chi connectivity index (χ4n) is 2.72. The van der Waals surface area contributed by atoms with Gasteiger partial charge in [0.1, 0.15) is 5.76 Å². The molecule has 9 heteroatoms. The van der Waals surface area contributed by atoms with Gasteiger partial charge < -0.3 is 9.09 Å². The number of nitrogens with zero attached hydrogens (tertiary/aromatic N) is 5. The first-order valence-electron chi connectivity index (χ1n) is 7.58. The summed E-state index contributed by atoms with van der Waals surface area (Å²) < 4.78 is 33.5. The zero-order chi connectivity index (χ0) is 16.4. The largest absolute Gasteiger partial charge is 0.361 e. The van der Waals surface area contributed by atoms with Crippen LogP contribution in [0.1, 0.15) is 17.9 Å². The van der Waals surface area contributed by atoms with Crippen LogP contribution in [0.25, 0.3) is 0 Å². The predicted molar refractivity (Wildman–Crippen MR) is 83.1 cm³/mol. The first kappa shape index (κ1) is 16.2. The second kappa shape index (κ2) is 6.42. The molecule has 0 amide bonds. The summed E-state index contributed by atoms with van der Waals surface area (Å²) in [5.74, 6) is 0.786. The Morgan fingerprint density at radius 2 is 2.09 bits per heavy atom. The van der Waals surface area contributed by atoms with E-state index in [1.165, 1.54) is 16.8 Å². The Labute approximate surface area is 135 Å². The van der Waals surface area contributed by atoms with Crippen molar-refractivity contribution in [2.45, 2.75) is 24.9 Å². The average molecular weight is 339 g/mol. The zero-order valence-electron chi connectivity index (χ0n) is 13.3. The van der Waals surface area contributed by atoms with Crippen LogP contribution < -0.4 is 0 Å². The molecule has 1 saturated heterocycles. The Bertz CT molecular complexity index is 767. The number of rotatable bonds is 4. The Balaban J connectivity index is 1.66. The van der Waals surface area contributed by atoms with Gasteiger partial charge in [0.2, 0.25) is 0 Å². The quantitative estimate of drug-likeness (QED) is 0.811. The molecule has 8 nitrogen and oxygen atoms in total. The molecule has 1 aliphatic heterocycles. The van der Waals surface area contributed by atoms with Crippen molar-refractivity contribution in [3.8, 4) is 0 Å². The molecule has 126 valence electrons. The minimum atomic E-state index is -3.52. The maximum Gasteiger partial charge on any atom is 0.262 e. The molecular formula is C14H21N5O3S. The summed E-state index contributed by atoms with van der Waals surface area (Å²) in [6, 6.07) is 1.91. The van der Waals surface area contributed by atoms with Gasteiger partial charge in [-0.2, -0.15) is 4.31 Å². The van der Waals surface area contributed by atoms with E-state index in [1.807, 2.05) is 13.0 Å². The van der Waals surface area contributed by atoms with Crippen LogP contribution in [0.3, 0.4) is 0 Å². The molecule has 2 aromatic rings. The number of imidazole rings is 1. The fraction of sp³-hybridized carbons (Fsp3) is 0.571. The molecule has 3 rings (SSSR count). The smallest absolute Gasteiger partial charge is 0.262 e. The summed E-state index contributed by atoms with van der Waals surface area (Å²) in [5, 5.41) is 4.11. The van der Waals surface area contributed by atoms with Gasteiger partial charge >= 0.3 is 0 Å². The lowest BCUT2D eigenvalue weighted by Gasteiger charge is -2.20. The standard InChI is InChI=1S/C14H21N5O3S/c1-12-8-13(16-22-12)9-18-4-3-5-19(7-6-18)23(20,21)14-10-17(2)11-15-14/h8,10-11H,3-7,9H2,1-2H3. The number of sulfonamides is 1. The van der Waals surface area contributed by atoms with Crippen LogP contribution in [0.4, 0.5) is 0 Å². The van der Waals surface area contributed by atoms with Crippen molar-refractivity contribution in [2.75, 3.05) is 26.2 Å². The minimum absolute atomic E-state index is 0.112. The lowest BCUT2D eigenvalue weighted by molar-refractivity contribution is 0.268. The van der Waals surface area contributed by atoms with Gasteiger partial charge in [0.15, 0.2) is 5.03 Å². The lowest BCUT2D eigenvalue weighted by atomic mass is 10.3. The minimum Gasteiger partial charge on any atom is -0.361 e. The van der Waals surface area contributed by atoms with Gasteiger partial charge in [0.25, 0.3) is 10.0 Å². The topological polar surface area (TPSA) is 84.5 Å². The van der Waals surface area contributed by atoms with Crippen LogP contribution in [0, 0.1) is 6.92 Å². The van der Waals surface area contributed by atoms with Crippen LogP contribution in [0.5, 0.6) is 0 Å². The van der Waals surface area contributed by atoms with E-state index in [9.17, 15) is 8.42 Å². The van der Waals surface area contributed by atoms with E-state index in [1.54, 1.807) is 11.6 Å². The summed E-state index contributed by atoms with van der Waals surface area (Å²) in [4.78, 5) is 6.18. The molecule has 0 N–H and O–H groups in total. The van der Waals surface area contributed by atoms with E-state index in [4.69, 9.17) is 4.52 Å². The molecule has 0 bridgehead atoms. The van der Waals surface area contributed by atoms with Crippen LogP contribution >= 0.6 is 0 Å². The van der Waals surface area contributed by atoms with Gasteiger partial charge in [-0.1, -0.05) is 5.16 Å². The highest BCUT2D eigenvalue weighted by Crippen LogP contribution is 2.16.